The van der Waals surface area contributed by atoms with Crippen molar-refractivity contribution in [2.75, 3.05) is 52.5 Å². The van der Waals surface area contributed by atoms with E-state index in [1.165, 1.54) is 0 Å². The molecule has 0 aromatic carbocycles. The molecule has 1 amide bonds. The number of aryl methyl sites for hydroxylation is 1. The normalized spacial score (nSPS) is 25.8. The van der Waals surface area contributed by atoms with E-state index in [9.17, 15) is 9.90 Å². The molecule has 134 valence electrons. The van der Waals surface area contributed by atoms with Gasteiger partial charge in [-0.15, -0.1) is 0 Å². The van der Waals surface area contributed by atoms with Crippen molar-refractivity contribution in [1.82, 2.24) is 19.6 Å². The van der Waals surface area contributed by atoms with Gasteiger partial charge in [0.1, 0.15) is 0 Å². The number of aliphatic hydroxyl groups excluding tert-OH is 1. The Labute approximate surface area is 143 Å². The lowest BCUT2D eigenvalue weighted by Crippen LogP contribution is -2.49. The minimum Gasteiger partial charge on any atom is -0.396 e. The van der Waals surface area contributed by atoms with Gasteiger partial charge in [-0.2, -0.15) is 5.10 Å². The van der Waals surface area contributed by atoms with Gasteiger partial charge in [0.2, 0.25) is 0 Å². The maximum absolute atomic E-state index is 12.8. The second-order valence-electron chi connectivity index (χ2n) is 6.86. The fourth-order valence-corrected chi connectivity index (χ4v) is 3.73. The molecule has 3 heterocycles. The van der Waals surface area contributed by atoms with E-state index in [2.05, 4.69) is 10.00 Å². The van der Waals surface area contributed by atoms with Crippen LogP contribution in [0.3, 0.4) is 0 Å². The molecule has 2 atom stereocenters. The van der Waals surface area contributed by atoms with Crippen molar-refractivity contribution < 1.29 is 14.6 Å². The van der Waals surface area contributed by atoms with Gasteiger partial charge in [0.05, 0.1) is 25.0 Å². The number of aliphatic hydroxyl groups is 1. The Morgan fingerprint density at radius 3 is 2.75 bits per heavy atom. The van der Waals surface area contributed by atoms with Crippen LogP contribution in [0.15, 0.2) is 12.4 Å². The lowest BCUT2D eigenvalue weighted by atomic mass is 9.89. The summed E-state index contributed by atoms with van der Waals surface area (Å²) in [6.07, 6.45) is 4.43. The second-order valence-corrected chi connectivity index (χ2v) is 6.86. The summed E-state index contributed by atoms with van der Waals surface area (Å²) in [5.41, 5.74) is 0.639. The Kier molecular flexibility index (Phi) is 5.86. The fraction of sp³-hybridized carbons (Fsp3) is 0.765. The summed E-state index contributed by atoms with van der Waals surface area (Å²) in [5.74, 6) is 0.592. The largest absolute Gasteiger partial charge is 0.396 e. The van der Waals surface area contributed by atoms with Crippen LogP contribution in [0.25, 0.3) is 0 Å². The van der Waals surface area contributed by atoms with Crippen LogP contribution in [-0.2, 0) is 11.3 Å². The Bertz CT molecular complexity index is 542. The van der Waals surface area contributed by atoms with Gasteiger partial charge in [-0.05, 0) is 25.2 Å². The zero-order valence-corrected chi connectivity index (χ0v) is 14.4. The molecule has 24 heavy (non-hydrogen) atoms. The zero-order valence-electron chi connectivity index (χ0n) is 14.4. The van der Waals surface area contributed by atoms with E-state index in [1.54, 1.807) is 10.9 Å². The maximum atomic E-state index is 12.8. The number of morpholine rings is 1. The van der Waals surface area contributed by atoms with Crippen molar-refractivity contribution in [3.8, 4) is 0 Å². The molecule has 1 aromatic rings. The average molecular weight is 336 g/mol. The number of aromatic nitrogens is 2. The lowest BCUT2D eigenvalue weighted by Gasteiger charge is -2.39. The molecule has 2 saturated heterocycles. The summed E-state index contributed by atoms with van der Waals surface area (Å²) in [7, 11) is 0. The van der Waals surface area contributed by atoms with Gasteiger partial charge < -0.3 is 14.7 Å². The molecule has 7 nitrogen and oxygen atoms in total. The van der Waals surface area contributed by atoms with Gasteiger partial charge >= 0.3 is 0 Å². The monoisotopic (exact) mass is 336 g/mol. The molecule has 1 N–H and O–H groups in total. The SMILES string of the molecule is CCn1cc(C(=O)N2C[C@H](CO)C[C@@H](CN3CCOCC3)C2)cn1. The van der Waals surface area contributed by atoms with E-state index < -0.39 is 0 Å². The molecule has 1 aromatic heterocycles. The van der Waals surface area contributed by atoms with E-state index in [4.69, 9.17) is 4.74 Å². The van der Waals surface area contributed by atoms with Gasteiger partial charge in [-0.1, -0.05) is 0 Å². The third-order valence-corrected chi connectivity index (χ3v) is 4.99. The van der Waals surface area contributed by atoms with Crippen LogP contribution >= 0.6 is 0 Å². The van der Waals surface area contributed by atoms with Crippen LogP contribution in [0.2, 0.25) is 0 Å². The first-order valence-electron chi connectivity index (χ1n) is 8.92. The summed E-state index contributed by atoms with van der Waals surface area (Å²) in [5, 5.41) is 13.8. The predicted octanol–water partition coefficient (Wildman–Crippen LogP) is 0.306. The summed E-state index contributed by atoms with van der Waals surface area (Å²) in [6, 6.07) is 0. The molecule has 2 aliphatic heterocycles. The number of hydrogen-bond donors (Lipinski definition) is 1. The van der Waals surface area contributed by atoms with Gasteiger partial charge in [0.15, 0.2) is 0 Å². The minimum atomic E-state index is 0.0276. The maximum Gasteiger partial charge on any atom is 0.257 e. The number of ether oxygens (including phenoxy) is 1. The Balaban J connectivity index is 1.64. The van der Waals surface area contributed by atoms with Crippen molar-refractivity contribution >= 4 is 5.91 Å². The first kappa shape index (κ1) is 17.4. The molecule has 3 rings (SSSR count). The minimum absolute atomic E-state index is 0.0276. The van der Waals surface area contributed by atoms with Crippen molar-refractivity contribution in [3.05, 3.63) is 18.0 Å². The van der Waals surface area contributed by atoms with Gasteiger partial charge in [-0.3, -0.25) is 14.4 Å². The number of nitrogens with zero attached hydrogens (tertiary/aromatic N) is 4. The number of amides is 1. The number of rotatable bonds is 5. The number of carbonyl (C=O) groups excluding carboxylic acids is 1. The molecular formula is C17H28N4O3. The Hall–Kier alpha value is -1.44. The highest BCUT2D eigenvalue weighted by molar-refractivity contribution is 5.93. The molecule has 0 unspecified atom stereocenters. The van der Waals surface area contributed by atoms with Crippen molar-refractivity contribution in [1.29, 1.82) is 0 Å². The molecule has 0 spiro atoms. The number of hydrogen-bond acceptors (Lipinski definition) is 5. The molecule has 0 aliphatic carbocycles. The van der Waals surface area contributed by atoms with Crippen molar-refractivity contribution in [2.24, 2.45) is 11.8 Å². The third-order valence-electron chi connectivity index (χ3n) is 4.99. The van der Waals surface area contributed by atoms with Gasteiger partial charge in [-0.25, -0.2) is 0 Å². The molecule has 0 radical (unpaired) electrons. The highest BCUT2D eigenvalue weighted by atomic mass is 16.5. The molecule has 0 bridgehead atoms. The van der Waals surface area contributed by atoms with Crippen LogP contribution in [0, 0.1) is 11.8 Å². The number of likely N-dealkylation sites (tertiary alicyclic amines) is 1. The molecule has 0 saturated carbocycles. The van der Waals surface area contributed by atoms with Crippen LogP contribution in [-0.4, -0.2) is 83.1 Å². The zero-order chi connectivity index (χ0) is 16.9. The van der Waals surface area contributed by atoms with Crippen LogP contribution in [0.1, 0.15) is 23.7 Å². The highest BCUT2D eigenvalue weighted by Gasteiger charge is 2.31. The summed E-state index contributed by atoms with van der Waals surface area (Å²) < 4.78 is 7.18. The van der Waals surface area contributed by atoms with Crippen LogP contribution in [0.4, 0.5) is 0 Å². The van der Waals surface area contributed by atoms with Crippen LogP contribution < -0.4 is 0 Å². The number of carbonyl (C=O) groups is 1. The van der Waals surface area contributed by atoms with Crippen molar-refractivity contribution in [2.45, 2.75) is 19.9 Å². The molecule has 2 fully saturated rings. The van der Waals surface area contributed by atoms with E-state index >= 15 is 0 Å². The average Bonchev–Trinajstić information content (AvgIpc) is 3.10. The Morgan fingerprint density at radius 2 is 2.08 bits per heavy atom. The summed E-state index contributed by atoms with van der Waals surface area (Å²) >= 11 is 0. The Morgan fingerprint density at radius 1 is 1.33 bits per heavy atom. The van der Waals surface area contributed by atoms with Crippen LogP contribution in [0.5, 0.6) is 0 Å². The summed E-state index contributed by atoms with van der Waals surface area (Å²) in [4.78, 5) is 17.1. The van der Waals surface area contributed by atoms with E-state index in [0.29, 0.717) is 18.0 Å². The van der Waals surface area contributed by atoms with Crippen molar-refractivity contribution in [3.63, 3.8) is 0 Å². The molecule has 7 heteroatoms. The van der Waals surface area contributed by atoms with E-state index in [-0.39, 0.29) is 18.4 Å². The van der Waals surface area contributed by atoms with Gasteiger partial charge in [0, 0.05) is 52.1 Å². The quantitative estimate of drug-likeness (QED) is 0.838. The van der Waals surface area contributed by atoms with E-state index in [0.717, 1.165) is 52.4 Å². The predicted molar refractivity (Wildman–Crippen MR) is 89.7 cm³/mol. The summed E-state index contributed by atoms with van der Waals surface area (Å²) in [6.45, 7) is 8.74. The third kappa shape index (κ3) is 4.15. The highest BCUT2D eigenvalue weighted by Crippen LogP contribution is 2.24. The van der Waals surface area contributed by atoms with Gasteiger partial charge in [0.25, 0.3) is 5.91 Å². The smallest absolute Gasteiger partial charge is 0.257 e. The standard InChI is InChI=1S/C17H28N4O3/c1-2-21-12-16(8-18-21)17(23)20-10-14(7-15(11-20)13-22)9-19-3-5-24-6-4-19/h8,12,14-15,22H,2-7,9-11,13H2,1H3/t14-,15+/m0/s1. The first-order valence-corrected chi connectivity index (χ1v) is 8.92. The fourth-order valence-electron chi connectivity index (χ4n) is 3.73. The van der Waals surface area contributed by atoms with E-state index in [1.807, 2.05) is 18.0 Å². The molecule has 2 aliphatic rings. The second kappa shape index (κ2) is 8.09. The topological polar surface area (TPSA) is 70.8 Å². The molecular weight excluding hydrogens is 308 g/mol. The first-order chi connectivity index (χ1) is 11.7. The number of piperidine rings is 1. The lowest BCUT2D eigenvalue weighted by molar-refractivity contribution is 0.0130.